The maximum atomic E-state index is 12.7. The van der Waals surface area contributed by atoms with Gasteiger partial charge in [0.1, 0.15) is 0 Å². The quantitative estimate of drug-likeness (QED) is 0.866. The van der Waals surface area contributed by atoms with Crippen molar-refractivity contribution in [2.24, 2.45) is 0 Å². The lowest BCUT2D eigenvalue weighted by molar-refractivity contribution is 0.0672. The maximum absolute atomic E-state index is 12.7. The normalized spacial score (nSPS) is 18.0. The van der Waals surface area contributed by atoms with E-state index < -0.39 is 0 Å². The smallest absolute Gasteiger partial charge is 0.255 e. The van der Waals surface area contributed by atoms with Gasteiger partial charge in [-0.1, -0.05) is 0 Å². The lowest BCUT2D eigenvalue weighted by Gasteiger charge is -2.32. The van der Waals surface area contributed by atoms with Crippen molar-refractivity contribution in [1.29, 1.82) is 0 Å². The lowest BCUT2D eigenvalue weighted by atomic mass is 10.0. The van der Waals surface area contributed by atoms with Gasteiger partial charge in [-0.15, -0.1) is 0 Å². The molecule has 0 aromatic carbocycles. The molecule has 2 aromatic heterocycles. The minimum Gasteiger partial charge on any atom is -0.475 e. The van der Waals surface area contributed by atoms with Crippen molar-refractivity contribution >= 4 is 5.91 Å². The maximum Gasteiger partial charge on any atom is 0.255 e. The predicted octanol–water partition coefficient (Wildman–Crippen LogP) is 2.85. The molecule has 128 valence electrons. The third kappa shape index (κ3) is 3.75. The molecule has 1 aliphatic rings. The largest absolute Gasteiger partial charge is 0.475 e. The highest BCUT2D eigenvalue weighted by atomic mass is 16.5. The number of hydrogen-bond acceptors (Lipinski definition) is 4. The minimum absolute atomic E-state index is 0.0205. The first-order valence-electron chi connectivity index (χ1n) is 8.45. The van der Waals surface area contributed by atoms with E-state index in [2.05, 4.69) is 10.1 Å². The number of hydrogen-bond donors (Lipinski definition) is 0. The number of carbonyl (C=O) groups is 1. The molecule has 0 spiro atoms. The first-order chi connectivity index (χ1) is 11.5. The molecule has 1 amide bonds. The molecule has 2 aromatic rings. The van der Waals surface area contributed by atoms with Crippen LogP contribution in [0.2, 0.25) is 0 Å². The number of pyridine rings is 1. The summed E-state index contributed by atoms with van der Waals surface area (Å²) in [6.45, 7) is 7.39. The number of aryl methyl sites for hydroxylation is 1. The molecular formula is C18H24N4O2. The van der Waals surface area contributed by atoms with E-state index in [9.17, 15) is 4.79 Å². The Morgan fingerprint density at radius 1 is 1.33 bits per heavy atom. The fourth-order valence-corrected chi connectivity index (χ4v) is 2.99. The van der Waals surface area contributed by atoms with E-state index in [-0.39, 0.29) is 18.1 Å². The number of amides is 1. The number of ether oxygens (including phenoxy) is 1. The van der Waals surface area contributed by atoms with Gasteiger partial charge in [-0.05, 0) is 45.2 Å². The standard InChI is InChI=1S/C18H24N4O2/c1-13(2)24-17-7-6-15(10-19-17)18(23)21-8-4-5-16(12-21)22-11-14(3)9-20-22/h6-7,9-11,13,16H,4-5,8,12H2,1-3H3/t16-/m1/s1. The molecule has 0 N–H and O–H groups in total. The van der Waals surface area contributed by atoms with E-state index in [1.54, 1.807) is 18.3 Å². The number of piperidine rings is 1. The van der Waals surface area contributed by atoms with Crippen LogP contribution in [0, 0.1) is 6.92 Å². The van der Waals surface area contributed by atoms with Crippen LogP contribution in [0.5, 0.6) is 5.88 Å². The number of carbonyl (C=O) groups excluding carboxylic acids is 1. The van der Waals surface area contributed by atoms with Gasteiger partial charge in [0.05, 0.1) is 23.9 Å². The molecule has 6 nitrogen and oxygen atoms in total. The third-order valence-electron chi connectivity index (χ3n) is 4.13. The molecule has 0 aliphatic carbocycles. The van der Waals surface area contributed by atoms with Gasteiger partial charge in [0.15, 0.2) is 0 Å². The minimum atomic E-state index is 0.0205. The molecule has 0 unspecified atom stereocenters. The van der Waals surface area contributed by atoms with Gasteiger partial charge >= 0.3 is 0 Å². The van der Waals surface area contributed by atoms with Crippen molar-refractivity contribution in [2.75, 3.05) is 13.1 Å². The van der Waals surface area contributed by atoms with Crippen molar-refractivity contribution in [3.63, 3.8) is 0 Å². The second-order valence-corrected chi connectivity index (χ2v) is 6.60. The average molecular weight is 328 g/mol. The Morgan fingerprint density at radius 2 is 2.17 bits per heavy atom. The van der Waals surface area contributed by atoms with Crippen LogP contribution in [0.1, 0.15) is 48.7 Å². The van der Waals surface area contributed by atoms with Gasteiger partial charge in [-0.2, -0.15) is 5.10 Å². The lowest BCUT2D eigenvalue weighted by Crippen LogP contribution is -2.40. The number of nitrogens with zero attached hydrogens (tertiary/aromatic N) is 4. The number of likely N-dealkylation sites (tertiary alicyclic amines) is 1. The van der Waals surface area contributed by atoms with Crippen LogP contribution >= 0.6 is 0 Å². The van der Waals surface area contributed by atoms with Crippen LogP contribution in [-0.4, -0.2) is 44.8 Å². The van der Waals surface area contributed by atoms with E-state index >= 15 is 0 Å². The van der Waals surface area contributed by atoms with Gasteiger partial charge in [0, 0.05) is 31.5 Å². The molecule has 6 heteroatoms. The van der Waals surface area contributed by atoms with E-state index in [0.29, 0.717) is 18.0 Å². The fraction of sp³-hybridized carbons (Fsp3) is 0.500. The number of rotatable bonds is 4. The Hall–Kier alpha value is -2.37. The van der Waals surface area contributed by atoms with E-state index in [1.165, 1.54) is 0 Å². The molecule has 0 radical (unpaired) electrons. The summed E-state index contributed by atoms with van der Waals surface area (Å²) >= 11 is 0. The van der Waals surface area contributed by atoms with Crippen LogP contribution in [0.15, 0.2) is 30.7 Å². The Balaban J connectivity index is 1.67. The van der Waals surface area contributed by atoms with Gasteiger partial charge in [0.25, 0.3) is 5.91 Å². The molecular weight excluding hydrogens is 304 g/mol. The fourth-order valence-electron chi connectivity index (χ4n) is 2.99. The third-order valence-corrected chi connectivity index (χ3v) is 4.13. The van der Waals surface area contributed by atoms with Crippen LogP contribution in [-0.2, 0) is 0 Å². The second kappa shape index (κ2) is 7.03. The highest BCUT2D eigenvalue weighted by Crippen LogP contribution is 2.23. The average Bonchev–Trinajstić information content (AvgIpc) is 3.01. The van der Waals surface area contributed by atoms with Crippen molar-refractivity contribution in [3.8, 4) is 5.88 Å². The van der Waals surface area contributed by atoms with Crippen LogP contribution in [0.25, 0.3) is 0 Å². The molecule has 1 fully saturated rings. The Bertz CT molecular complexity index is 693. The van der Waals surface area contributed by atoms with Crippen molar-refractivity contribution in [3.05, 3.63) is 41.9 Å². The van der Waals surface area contributed by atoms with Crippen LogP contribution in [0.4, 0.5) is 0 Å². The first-order valence-corrected chi connectivity index (χ1v) is 8.45. The molecule has 0 bridgehead atoms. The Labute approximate surface area is 142 Å². The summed E-state index contributed by atoms with van der Waals surface area (Å²) in [6.07, 6.45) is 7.60. The van der Waals surface area contributed by atoms with E-state index in [4.69, 9.17) is 4.74 Å². The zero-order valence-electron chi connectivity index (χ0n) is 14.5. The van der Waals surface area contributed by atoms with E-state index in [0.717, 1.165) is 24.9 Å². The van der Waals surface area contributed by atoms with E-state index in [1.807, 2.05) is 42.7 Å². The summed E-state index contributed by atoms with van der Waals surface area (Å²) in [5.74, 6) is 0.567. The highest BCUT2D eigenvalue weighted by Gasteiger charge is 2.26. The van der Waals surface area contributed by atoms with Gasteiger partial charge < -0.3 is 9.64 Å². The Kier molecular flexibility index (Phi) is 4.83. The summed E-state index contributed by atoms with van der Waals surface area (Å²) < 4.78 is 7.50. The SMILES string of the molecule is Cc1cnn([C@@H]2CCCN(C(=O)c3ccc(OC(C)C)nc3)C2)c1. The van der Waals surface area contributed by atoms with Crippen molar-refractivity contribution in [2.45, 2.75) is 45.8 Å². The number of aromatic nitrogens is 3. The predicted molar refractivity (Wildman–Crippen MR) is 91.1 cm³/mol. The monoisotopic (exact) mass is 328 g/mol. The summed E-state index contributed by atoms with van der Waals surface area (Å²) in [5.41, 5.74) is 1.74. The van der Waals surface area contributed by atoms with Gasteiger partial charge in [0.2, 0.25) is 5.88 Å². The van der Waals surface area contributed by atoms with Crippen LogP contribution in [0.3, 0.4) is 0 Å². The zero-order valence-corrected chi connectivity index (χ0v) is 14.5. The summed E-state index contributed by atoms with van der Waals surface area (Å²) in [6, 6.07) is 3.79. The topological polar surface area (TPSA) is 60.2 Å². The molecule has 1 aliphatic heterocycles. The second-order valence-electron chi connectivity index (χ2n) is 6.60. The molecule has 3 heterocycles. The Morgan fingerprint density at radius 3 is 2.79 bits per heavy atom. The summed E-state index contributed by atoms with van der Waals surface area (Å²) in [5, 5.41) is 4.39. The molecule has 1 atom stereocenters. The van der Waals surface area contributed by atoms with Gasteiger partial charge in [-0.3, -0.25) is 9.48 Å². The summed E-state index contributed by atoms with van der Waals surface area (Å²) in [7, 11) is 0. The zero-order chi connectivity index (χ0) is 17.1. The van der Waals surface area contributed by atoms with Crippen LogP contribution < -0.4 is 4.74 Å². The molecule has 3 rings (SSSR count). The molecule has 1 saturated heterocycles. The first kappa shape index (κ1) is 16.5. The summed E-state index contributed by atoms with van der Waals surface area (Å²) in [4.78, 5) is 18.9. The van der Waals surface area contributed by atoms with Crippen molar-refractivity contribution in [1.82, 2.24) is 19.7 Å². The highest BCUT2D eigenvalue weighted by molar-refractivity contribution is 5.94. The molecule has 0 saturated carbocycles. The van der Waals surface area contributed by atoms with Gasteiger partial charge in [-0.25, -0.2) is 4.98 Å². The molecule has 24 heavy (non-hydrogen) atoms. The van der Waals surface area contributed by atoms with Crippen molar-refractivity contribution < 1.29 is 9.53 Å².